The van der Waals surface area contributed by atoms with Crippen LogP contribution in [0.25, 0.3) is 0 Å². The van der Waals surface area contributed by atoms with Gasteiger partial charge in [-0.2, -0.15) is 0 Å². The number of anilines is 1. The maximum Gasteiger partial charge on any atom is 0.263 e. The molecule has 2 heterocycles. The number of carbonyl (C=O) groups is 1. The number of carbonyl (C=O) groups excluding carboxylic acids is 1. The Kier molecular flexibility index (Phi) is 8.99. The number of hydrogen-bond donors (Lipinski definition) is 1. The molecule has 206 valence electrons. The monoisotopic (exact) mass is 556 g/mol. The largest absolute Gasteiger partial charge is 0.491 e. The molecule has 2 bridgehead atoms. The first-order valence-corrected chi connectivity index (χ1v) is 16.1. The molecule has 5 atom stereocenters. The zero-order valence-corrected chi connectivity index (χ0v) is 24.3. The molecule has 0 radical (unpaired) electrons. The van der Waals surface area contributed by atoms with Gasteiger partial charge in [0.15, 0.2) is 0 Å². The normalized spacial score (nSPS) is 28.3. The Morgan fingerprint density at radius 1 is 1.05 bits per heavy atom. The van der Waals surface area contributed by atoms with Crippen molar-refractivity contribution in [3.8, 4) is 5.75 Å². The molecule has 0 saturated heterocycles. The number of ether oxygens (including phenoxy) is 1. The van der Waals surface area contributed by atoms with Crippen molar-refractivity contribution in [2.24, 2.45) is 17.8 Å². The second kappa shape index (κ2) is 12.4. The molecular weight excluding hydrogens is 516 g/mol. The average molecular weight is 557 g/mol. The summed E-state index contributed by atoms with van der Waals surface area (Å²) in [4.78, 5) is 15.6. The number of rotatable bonds is 3. The third-order valence-corrected chi connectivity index (χ3v) is 10.2. The molecule has 7 heteroatoms. The molecule has 3 aliphatic rings. The van der Waals surface area contributed by atoms with Crippen molar-refractivity contribution >= 4 is 34.2 Å². The summed E-state index contributed by atoms with van der Waals surface area (Å²) in [7, 11) is -1.38. The molecule has 1 fully saturated rings. The molecule has 38 heavy (non-hydrogen) atoms. The van der Waals surface area contributed by atoms with Crippen LogP contribution in [0.2, 0.25) is 5.02 Å². The quantitative estimate of drug-likeness (QED) is 0.446. The van der Waals surface area contributed by atoms with Crippen LogP contribution < -0.4 is 14.4 Å². The van der Waals surface area contributed by atoms with Gasteiger partial charge in [0.05, 0.1) is 12.3 Å². The summed E-state index contributed by atoms with van der Waals surface area (Å²) >= 11 is 6.38. The highest BCUT2D eigenvalue weighted by Crippen LogP contribution is 2.43. The van der Waals surface area contributed by atoms with Gasteiger partial charge in [-0.15, -0.1) is 0 Å². The predicted molar refractivity (Wildman–Crippen MR) is 157 cm³/mol. The van der Waals surface area contributed by atoms with Crippen molar-refractivity contribution in [2.45, 2.75) is 71.1 Å². The minimum absolute atomic E-state index is 0.205. The van der Waals surface area contributed by atoms with Gasteiger partial charge < -0.3 is 9.64 Å². The van der Waals surface area contributed by atoms with Gasteiger partial charge in [0.2, 0.25) is 0 Å². The van der Waals surface area contributed by atoms with Gasteiger partial charge in [-0.3, -0.25) is 9.52 Å². The molecule has 5 nitrogen and oxygen atoms in total. The molecule has 2 aliphatic heterocycles. The fraction of sp³-hybridized carbons (Fsp3) is 0.581. The van der Waals surface area contributed by atoms with E-state index in [1.54, 1.807) is 6.07 Å². The molecule has 4 unspecified atom stereocenters. The molecule has 1 amide bonds. The van der Waals surface area contributed by atoms with Crippen LogP contribution in [0, 0.1) is 17.8 Å². The van der Waals surface area contributed by atoms with E-state index in [1.807, 2.05) is 18.2 Å². The van der Waals surface area contributed by atoms with Crippen LogP contribution in [0.5, 0.6) is 5.75 Å². The van der Waals surface area contributed by atoms with Crippen LogP contribution in [-0.4, -0.2) is 35.6 Å². The summed E-state index contributed by atoms with van der Waals surface area (Å²) in [5.41, 5.74) is 4.12. The van der Waals surface area contributed by atoms with Crippen molar-refractivity contribution < 1.29 is 13.7 Å². The first kappa shape index (κ1) is 27.5. The molecule has 5 rings (SSSR count). The van der Waals surface area contributed by atoms with Crippen molar-refractivity contribution in [2.75, 3.05) is 30.3 Å². The van der Waals surface area contributed by atoms with Crippen LogP contribution >= 0.6 is 11.6 Å². The SMILES string of the molecule is CCCc1cc(Cl)ccc1C1COc2ccc3cc2N(C1)CC1CCC1CCCC[C@@H](C)CS(=O)NC3=O. The number of aryl methyl sites for hydroxylation is 1. The number of fused-ring (bicyclic) bond motifs is 2. The van der Waals surface area contributed by atoms with E-state index in [0.29, 0.717) is 29.8 Å². The molecule has 1 N–H and O–H groups in total. The molecule has 0 aromatic heterocycles. The van der Waals surface area contributed by atoms with Gasteiger partial charge in [-0.25, -0.2) is 4.21 Å². The lowest BCUT2D eigenvalue weighted by molar-refractivity contribution is 0.0982. The first-order chi connectivity index (χ1) is 18.4. The van der Waals surface area contributed by atoms with Crippen LogP contribution in [0.1, 0.15) is 86.2 Å². The lowest BCUT2D eigenvalue weighted by Gasteiger charge is -2.41. The summed E-state index contributed by atoms with van der Waals surface area (Å²) in [6.07, 6.45) is 9.35. The Labute approximate surface area is 235 Å². The Morgan fingerprint density at radius 2 is 1.87 bits per heavy atom. The van der Waals surface area contributed by atoms with Crippen molar-refractivity contribution in [1.82, 2.24) is 4.72 Å². The van der Waals surface area contributed by atoms with E-state index in [1.165, 1.54) is 36.8 Å². The molecular formula is C31H41ClN2O3S. The van der Waals surface area contributed by atoms with Crippen LogP contribution in [0.15, 0.2) is 36.4 Å². The molecule has 2 aromatic rings. The van der Waals surface area contributed by atoms with Gasteiger partial charge in [-0.1, -0.05) is 57.2 Å². The van der Waals surface area contributed by atoms with Gasteiger partial charge in [0, 0.05) is 35.3 Å². The van der Waals surface area contributed by atoms with Gasteiger partial charge in [0.1, 0.15) is 16.7 Å². The summed E-state index contributed by atoms with van der Waals surface area (Å²) in [6, 6.07) is 11.9. The Hall–Kier alpha value is -2.05. The Morgan fingerprint density at radius 3 is 2.66 bits per heavy atom. The first-order valence-electron chi connectivity index (χ1n) is 14.4. The van der Waals surface area contributed by atoms with E-state index in [-0.39, 0.29) is 11.8 Å². The summed E-state index contributed by atoms with van der Waals surface area (Å²) < 4.78 is 21.9. The Bertz CT molecular complexity index is 1170. The molecule has 2 aromatic carbocycles. The molecule has 1 saturated carbocycles. The fourth-order valence-corrected chi connectivity index (χ4v) is 7.73. The third-order valence-electron chi connectivity index (χ3n) is 8.70. The third kappa shape index (κ3) is 6.39. The summed E-state index contributed by atoms with van der Waals surface area (Å²) in [5.74, 6) is 3.00. The Balaban J connectivity index is 1.48. The van der Waals surface area contributed by atoms with E-state index in [9.17, 15) is 9.00 Å². The zero-order chi connectivity index (χ0) is 26.6. The van der Waals surface area contributed by atoms with Crippen LogP contribution in [0.4, 0.5) is 5.69 Å². The highest BCUT2D eigenvalue weighted by atomic mass is 35.5. The topological polar surface area (TPSA) is 58.6 Å². The summed E-state index contributed by atoms with van der Waals surface area (Å²) in [5, 5.41) is 0.778. The molecule has 1 aliphatic carbocycles. The van der Waals surface area contributed by atoms with E-state index in [4.69, 9.17) is 16.3 Å². The number of benzene rings is 2. The van der Waals surface area contributed by atoms with E-state index in [2.05, 4.69) is 35.6 Å². The van der Waals surface area contributed by atoms with E-state index < -0.39 is 11.0 Å². The van der Waals surface area contributed by atoms with Crippen molar-refractivity contribution in [3.05, 3.63) is 58.1 Å². The maximum absolute atomic E-state index is 13.1. The lowest BCUT2D eigenvalue weighted by atomic mass is 9.70. The maximum atomic E-state index is 13.1. The van der Waals surface area contributed by atoms with Crippen molar-refractivity contribution in [1.29, 1.82) is 0 Å². The number of amides is 1. The molecule has 0 spiro atoms. The zero-order valence-electron chi connectivity index (χ0n) is 22.7. The average Bonchev–Trinajstić information content (AvgIpc) is 3.05. The standard InChI is InChI=1S/C31H41ClN2O3S/c1-3-6-23-15-27(32)12-13-28(23)26-18-34-17-25-10-9-22(25)8-5-4-7-21(2)20-38(36)33-31(35)24-11-14-30(37-19-26)29(34)16-24/h11-16,21-22,25-26H,3-10,17-20H2,1-2H3,(H,33,35)/t21-,22?,25?,26?,38?/m1/s1. The van der Waals surface area contributed by atoms with Gasteiger partial charge in [-0.05, 0) is 84.9 Å². The second-order valence-corrected chi connectivity index (χ2v) is 13.3. The second-order valence-electron chi connectivity index (χ2n) is 11.6. The number of halogens is 1. The van der Waals surface area contributed by atoms with Gasteiger partial charge >= 0.3 is 0 Å². The number of nitrogens with one attached hydrogen (secondary N) is 1. The van der Waals surface area contributed by atoms with Crippen molar-refractivity contribution in [3.63, 3.8) is 0 Å². The number of nitrogens with zero attached hydrogens (tertiary/aromatic N) is 1. The fourth-order valence-electron chi connectivity index (χ4n) is 6.44. The number of hydrogen-bond acceptors (Lipinski definition) is 4. The van der Waals surface area contributed by atoms with E-state index >= 15 is 0 Å². The van der Waals surface area contributed by atoms with Gasteiger partial charge in [0.25, 0.3) is 5.91 Å². The highest BCUT2D eigenvalue weighted by molar-refractivity contribution is 7.83. The van der Waals surface area contributed by atoms with Crippen LogP contribution in [0.3, 0.4) is 0 Å². The smallest absolute Gasteiger partial charge is 0.263 e. The lowest BCUT2D eigenvalue weighted by Crippen LogP contribution is -2.40. The highest BCUT2D eigenvalue weighted by Gasteiger charge is 2.35. The van der Waals surface area contributed by atoms with E-state index in [0.717, 1.165) is 61.2 Å². The summed E-state index contributed by atoms with van der Waals surface area (Å²) in [6.45, 7) is 6.74. The van der Waals surface area contributed by atoms with Crippen LogP contribution in [-0.2, 0) is 17.4 Å². The minimum Gasteiger partial charge on any atom is -0.491 e. The predicted octanol–water partition coefficient (Wildman–Crippen LogP) is 6.90. The minimum atomic E-state index is -1.38.